The summed E-state index contributed by atoms with van der Waals surface area (Å²) in [6, 6.07) is 6.69. The molecule has 0 spiro atoms. The summed E-state index contributed by atoms with van der Waals surface area (Å²) in [4.78, 5) is 0. The van der Waals surface area contributed by atoms with Gasteiger partial charge < -0.3 is 5.73 Å². The van der Waals surface area contributed by atoms with Crippen molar-refractivity contribution in [1.82, 2.24) is 10.4 Å². The fraction of sp³-hybridized carbons (Fsp3) is 0.600. The first-order valence-electron chi connectivity index (χ1n) is 6.99. The monoisotopic (exact) mass is 247 g/mol. The van der Waals surface area contributed by atoms with Crippen LogP contribution in [-0.4, -0.2) is 24.6 Å². The molecule has 1 unspecified atom stereocenters. The lowest BCUT2D eigenvalue weighted by Gasteiger charge is -2.32. The highest BCUT2D eigenvalue weighted by Gasteiger charge is 2.18. The van der Waals surface area contributed by atoms with E-state index < -0.39 is 0 Å². The van der Waals surface area contributed by atoms with Gasteiger partial charge in [0, 0.05) is 19.6 Å². The highest BCUT2D eigenvalue weighted by molar-refractivity contribution is 5.36. The molecular weight excluding hydrogens is 222 g/mol. The lowest BCUT2D eigenvalue weighted by Crippen LogP contribution is -2.46. The van der Waals surface area contributed by atoms with Crippen molar-refractivity contribution >= 4 is 0 Å². The Labute approximate surface area is 110 Å². The molecule has 0 aliphatic carbocycles. The molecule has 2 rings (SSSR count). The summed E-state index contributed by atoms with van der Waals surface area (Å²) in [5.74, 6) is 0. The van der Waals surface area contributed by atoms with Gasteiger partial charge in [-0.25, -0.2) is 10.4 Å². The zero-order valence-electron chi connectivity index (χ0n) is 11.6. The summed E-state index contributed by atoms with van der Waals surface area (Å²) in [7, 11) is 0. The molecule has 0 amide bonds. The smallest absolute Gasteiger partial charge is 0.0592 e. The molecule has 1 fully saturated rings. The minimum absolute atomic E-state index is 0.240. The van der Waals surface area contributed by atoms with Gasteiger partial charge in [0.25, 0.3) is 0 Å². The first kappa shape index (κ1) is 13.5. The molecule has 1 aliphatic rings. The van der Waals surface area contributed by atoms with Crippen molar-refractivity contribution < 1.29 is 0 Å². The Hall–Kier alpha value is -0.900. The Bertz CT molecular complexity index is 363. The number of nitrogens with two attached hydrogens (primary N) is 1. The summed E-state index contributed by atoms with van der Waals surface area (Å²) in [6.07, 6.45) is 3.93. The van der Waals surface area contributed by atoms with Crippen molar-refractivity contribution in [2.45, 2.75) is 39.2 Å². The van der Waals surface area contributed by atoms with Crippen molar-refractivity contribution in [3.63, 3.8) is 0 Å². The van der Waals surface area contributed by atoms with E-state index in [-0.39, 0.29) is 6.04 Å². The molecule has 1 saturated heterocycles. The van der Waals surface area contributed by atoms with Crippen LogP contribution in [0, 0.1) is 13.8 Å². The third-order valence-corrected chi connectivity index (χ3v) is 3.82. The van der Waals surface area contributed by atoms with Gasteiger partial charge in [-0.2, -0.15) is 0 Å². The van der Waals surface area contributed by atoms with E-state index in [1.165, 1.54) is 36.0 Å². The van der Waals surface area contributed by atoms with Crippen molar-refractivity contribution in [2.75, 3.05) is 19.6 Å². The third kappa shape index (κ3) is 3.10. The molecule has 3 N–H and O–H groups in total. The normalized spacial score (nSPS) is 18.8. The van der Waals surface area contributed by atoms with Crippen LogP contribution < -0.4 is 11.2 Å². The minimum Gasteiger partial charge on any atom is -0.329 e. The minimum atomic E-state index is 0.240. The van der Waals surface area contributed by atoms with Gasteiger partial charge in [-0.3, -0.25) is 0 Å². The van der Waals surface area contributed by atoms with Crippen LogP contribution in [0.3, 0.4) is 0 Å². The molecule has 1 aliphatic heterocycles. The molecule has 1 aromatic rings. The second-order valence-electron chi connectivity index (χ2n) is 5.27. The van der Waals surface area contributed by atoms with Crippen LogP contribution >= 0.6 is 0 Å². The van der Waals surface area contributed by atoms with Gasteiger partial charge in [0.05, 0.1) is 6.04 Å². The Morgan fingerprint density at radius 3 is 2.33 bits per heavy atom. The van der Waals surface area contributed by atoms with Crippen molar-refractivity contribution in [2.24, 2.45) is 5.73 Å². The number of aryl methyl sites for hydroxylation is 2. The predicted molar refractivity (Wildman–Crippen MR) is 76.3 cm³/mol. The van der Waals surface area contributed by atoms with Crippen molar-refractivity contribution in [3.05, 3.63) is 34.9 Å². The number of hydrogen-bond donors (Lipinski definition) is 2. The zero-order valence-corrected chi connectivity index (χ0v) is 11.6. The van der Waals surface area contributed by atoms with E-state index in [0.717, 1.165) is 13.1 Å². The maximum atomic E-state index is 5.97. The molecule has 100 valence electrons. The standard InChI is InChI=1S/C15H25N3/c1-12-7-6-8-13(2)15(12)14(11-16)17-18-9-4-3-5-10-18/h6-8,14,17H,3-5,9-11,16H2,1-2H3. The average Bonchev–Trinajstić information content (AvgIpc) is 2.38. The molecule has 0 saturated carbocycles. The first-order valence-corrected chi connectivity index (χ1v) is 6.99. The Kier molecular flexibility index (Phi) is 4.75. The van der Waals surface area contributed by atoms with Crippen LogP contribution in [0.1, 0.15) is 42.0 Å². The first-order chi connectivity index (χ1) is 8.72. The van der Waals surface area contributed by atoms with Crippen molar-refractivity contribution in [1.29, 1.82) is 0 Å². The van der Waals surface area contributed by atoms with Crippen LogP contribution in [-0.2, 0) is 0 Å². The average molecular weight is 247 g/mol. The van der Waals surface area contributed by atoms with E-state index in [0.29, 0.717) is 6.54 Å². The summed E-state index contributed by atoms with van der Waals surface area (Å²) < 4.78 is 0. The van der Waals surface area contributed by atoms with Gasteiger partial charge in [0.2, 0.25) is 0 Å². The number of hydrogen-bond acceptors (Lipinski definition) is 3. The highest BCUT2D eigenvalue weighted by atomic mass is 15.5. The van der Waals surface area contributed by atoms with E-state index >= 15 is 0 Å². The van der Waals surface area contributed by atoms with Gasteiger partial charge in [-0.15, -0.1) is 0 Å². The van der Waals surface area contributed by atoms with E-state index in [9.17, 15) is 0 Å². The molecule has 0 aromatic heterocycles. The molecule has 1 aromatic carbocycles. The van der Waals surface area contributed by atoms with E-state index in [1.54, 1.807) is 0 Å². The lowest BCUT2D eigenvalue weighted by molar-refractivity contribution is 0.130. The third-order valence-electron chi connectivity index (χ3n) is 3.82. The second-order valence-corrected chi connectivity index (χ2v) is 5.27. The quantitative estimate of drug-likeness (QED) is 0.858. The molecule has 3 nitrogen and oxygen atoms in total. The number of rotatable bonds is 4. The fourth-order valence-corrected chi connectivity index (χ4v) is 2.86. The van der Waals surface area contributed by atoms with Gasteiger partial charge in [0.1, 0.15) is 0 Å². The maximum absolute atomic E-state index is 5.97. The number of benzene rings is 1. The van der Waals surface area contributed by atoms with Gasteiger partial charge in [-0.05, 0) is 43.4 Å². The van der Waals surface area contributed by atoms with E-state index in [1.807, 2.05) is 0 Å². The number of nitrogens with zero attached hydrogens (tertiary/aromatic N) is 1. The molecule has 1 atom stereocenters. The number of nitrogens with one attached hydrogen (secondary N) is 1. The zero-order chi connectivity index (χ0) is 13.0. The number of hydrazine groups is 1. The van der Waals surface area contributed by atoms with E-state index in [2.05, 4.69) is 42.5 Å². The second kappa shape index (κ2) is 6.32. The Morgan fingerprint density at radius 1 is 1.17 bits per heavy atom. The lowest BCUT2D eigenvalue weighted by atomic mass is 9.96. The summed E-state index contributed by atoms with van der Waals surface area (Å²) in [5.41, 5.74) is 13.6. The van der Waals surface area contributed by atoms with Crippen LogP contribution in [0.25, 0.3) is 0 Å². The SMILES string of the molecule is Cc1cccc(C)c1C(CN)NN1CCCCC1. The van der Waals surface area contributed by atoms with Crippen LogP contribution in [0.4, 0.5) is 0 Å². The van der Waals surface area contributed by atoms with Crippen LogP contribution in [0.5, 0.6) is 0 Å². The van der Waals surface area contributed by atoms with Crippen LogP contribution in [0.2, 0.25) is 0 Å². The maximum Gasteiger partial charge on any atom is 0.0592 e. The predicted octanol–water partition coefficient (Wildman–Crippen LogP) is 2.29. The molecule has 0 radical (unpaired) electrons. The van der Waals surface area contributed by atoms with Crippen molar-refractivity contribution in [3.8, 4) is 0 Å². The largest absolute Gasteiger partial charge is 0.329 e. The molecule has 3 heteroatoms. The van der Waals surface area contributed by atoms with Gasteiger partial charge >= 0.3 is 0 Å². The highest BCUT2D eigenvalue weighted by Crippen LogP contribution is 2.22. The summed E-state index contributed by atoms with van der Waals surface area (Å²) >= 11 is 0. The molecule has 1 heterocycles. The van der Waals surface area contributed by atoms with E-state index in [4.69, 9.17) is 5.73 Å². The van der Waals surface area contributed by atoms with Gasteiger partial charge in [0.15, 0.2) is 0 Å². The summed E-state index contributed by atoms with van der Waals surface area (Å²) in [6.45, 7) is 7.26. The molecular formula is C15H25N3. The number of piperidine rings is 1. The van der Waals surface area contributed by atoms with Crippen LogP contribution in [0.15, 0.2) is 18.2 Å². The van der Waals surface area contributed by atoms with Gasteiger partial charge in [-0.1, -0.05) is 24.6 Å². The Morgan fingerprint density at radius 2 is 1.78 bits per heavy atom. The molecule has 18 heavy (non-hydrogen) atoms. The summed E-state index contributed by atoms with van der Waals surface area (Å²) in [5, 5.41) is 2.34. The fourth-order valence-electron chi connectivity index (χ4n) is 2.86. The molecule has 0 bridgehead atoms. The topological polar surface area (TPSA) is 41.3 Å². The Balaban J connectivity index is 2.12.